The van der Waals surface area contributed by atoms with E-state index in [1.807, 2.05) is 0 Å². The van der Waals surface area contributed by atoms with Crippen molar-refractivity contribution in [1.29, 1.82) is 0 Å². The molecule has 9 heteroatoms. The van der Waals surface area contributed by atoms with Crippen molar-refractivity contribution in [1.82, 2.24) is 9.71 Å². The lowest BCUT2D eigenvalue weighted by atomic mass is 9.99. The molecule has 0 unspecified atom stereocenters. The lowest BCUT2D eigenvalue weighted by Gasteiger charge is -2.11. The van der Waals surface area contributed by atoms with Crippen LogP contribution in [0.3, 0.4) is 0 Å². The number of hydrogen-bond donors (Lipinski definition) is 1. The third-order valence-electron chi connectivity index (χ3n) is 2.94. The number of pyridine rings is 1. The van der Waals surface area contributed by atoms with Crippen molar-refractivity contribution >= 4 is 39.1 Å². The Kier molecular flexibility index (Phi) is 4.93. The average Bonchev–Trinajstić information content (AvgIpc) is 2.42. The first-order valence-corrected chi connectivity index (χ1v) is 8.87. The Labute approximate surface area is 142 Å². The van der Waals surface area contributed by atoms with E-state index in [-0.39, 0.29) is 15.7 Å². The number of aryl methyl sites for hydroxylation is 1. The molecule has 1 aromatic carbocycles. The van der Waals surface area contributed by atoms with Gasteiger partial charge in [-0.15, -0.1) is 0 Å². The molecule has 5 nitrogen and oxygen atoms in total. The van der Waals surface area contributed by atoms with Gasteiger partial charge in [-0.3, -0.25) is 4.79 Å². The van der Waals surface area contributed by atoms with Gasteiger partial charge in [0.25, 0.3) is 5.91 Å². The van der Waals surface area contributed by atoms with Crippen LogP contribution in [-0.4, -0.2) is 25.6 Å². The van der Waals surface area contributed by atoms with Crippen molar-refractivity contribution in [3.8, 4) is 11.1 Å². The van der Waals surface area contributed by atoms with Crippen LogP contribution in [0.4, 0.5) is 4.39 Å². The summed E-state index contributed by atoms with van der Waals surface area (Å²) in [7, 11) is -3.78. The average molecular weight is 377 g/mol. The summed E-state index contributed by atoms with van der Waals surface area (Å²) < 4.78 is 38.1. The number of sulfonamides is 1. The first kappa shape index (κ1) is 17.7. The minimum Gasteiger partial charge on any atom is -0.268 e. The van der Waals surface area contributed by atoms with Gasteiger partial charge in [0.15, 0.2) is 0 Å². The van der Waals surface area contributed by atoms with Gasteiger partial charge in [0, 0.05) is 11.8 Å². The van der Waals surface area contributed by atoms with Crippen molar-refractivity contribution in [3.63, 3.8) is 0 Å². The number of nitrogens with zero attached hydrogens (tertiary/aromatic N) is 1. The fourth-order valence-corrected chi connectivity index (χ4v) is 2.67. The zero-order valence-corrected chi connectivity index (χ0v) is 14.4. The second kappa shape index (κ2) is 6.43. The zero-order valence-electron chi connectivity index (χ0n) is 12.0. The number of carbonyl (C=O) groups excluding carboxylic acids is 1. The Balaban J connectivity index is 2.48. The maximum Gasteiger partial charge on any atom is 0.267 e. The van der Waals surface area contributed by atoms with Gasteiger partial charge in [-0.25, -0.2) is 22.5 Å². The number of halogens is 3. The van der Waals surface area contributed by atoms with Crippen LogP contribution < -0.4 is 4.72 Å². The molecule has 0 aliphatic heterocycles. The molecule has 1 N–H and O–H groups in total. The number of rotatable bonds is 3. The van der Waals surface area contributed by atoms with Crippen molar-refractivity contribution in [2.45, 2.75) is 6.92 Å². The first-order valence-electron chi connectivity index (χ1n) is 6.22. The quantitative estimate of drug-likeness (QED) is 0.834. The highest BCUT2D eigenvalue weighted by Crippen LogP contribution is 2.30. The molecule has 0 fully saturated rings. The van der Waals surface area contributed by atoms with Crippen molar-refractivity contribution < 1.29 is 17.6 Å². The van der Waals surface area contributed by atoms with E-state index in [1.54, 1.807) is 11.6 Å². The van der Waals surface area contributed by atoms with Crippen LogP contribution in [0.2, 0.25) is 10.2 Å². The molecule has 1 aromatic heterocycles. The minimum atomic E-state index is -3.78. The number of nitrogens with one attached hydrogen (secondary N) is 1. The highest BCUT2D eigenvalue weighted by molar-refractivity contribution is 7.89. The highest BCUT2D eigenvalue weighted by Gasteiger charge is 2.18. The summed E-state index contributed by atoms with van der Waals surface area (Å²) in [6.07, 6.45) is 2.23. The van der Waals surface area contributed by atoms with Gasteiger partial charge >= 0.3 is 0 Å². The molecular formula is C14H11Cl2FN2O3S. The Bertz CT molecular complexity index is 901. The van der Waals surface area contributed by atoms with E-state index >= 15 is 0 Å². The second-order valence-corrected chi connectivity index (χ2v) is 7.36. The van der Waals surface area contributed by atoms with Crippen molar-refractivity contribution in [3.05, 3.63) is 51.5 Å². The predicted molar refractivity (Wildman–Crippen MR) is 86.7 cm³/mol. The van der Waals surface area contributed by atoms with Gasteiger partial charge in [0.1, 0.15) is 11.0 Å². The van der Waals surface area contributed by atoms with E-state index in [1.165, 1.54) is 18.3 Å². The molecule has 0 aliphatic rings. The molecule has 1 amide bonds. The van der Waals surface area contributed by atoms with Crippen LogP contribution in [0.25, 0.3) is 11.1 Å². The van der Waals surface area contributed by atoms with E-state index < -0.39 is 21.7 Å². The van der Waals surface area contributed by atoms with E-state index in [9.17, 15) is 17.6 Å². The summed E-state index contributed by atoms with van der Waals surface area (Å²) in [6, 6.07) is 3.90. The summed E-state index contributed by atoms with van der Waals surface area (Å²) in [6.45, 7) is 1.65. The number of benzene rings is 1. The summed E-state index contributed by atoms with van der Waals surface area (Å²) in [4.78, 5) is 15.7. The Morgan fingerprint density at radius 3 is 2.48 bits per heavy atom. The Morgan fingerprint density at radius 2 is 1.91 bits per heavy atom. The summed E-state index contributed by atoms with van der Waals surface area (Å²) in [5.74, 6) is -1.90. The normalized spacial score (nSPS) is 11.3. The number of amides is 1. The van der Waals surface area contributed by atoms with Crippen LogP contribution in [-0.2, 0) is 10.0 Å². The van der Waals surface area contributed by atoms with Gasteiger partial charge in [0.2, 0.25) is 10.0 Å². The minimum absolute atomic E-state index is 0.123. The summed E-state index contributed by atoms with van der Waals surface area (Å²) >= 11 is 11.6. The van der Waals surface area contributed by atoms with Gasteiger partial charge < -0.3 is 0 Å². The summed E-state index contributed by atoms with van der Waals surface area (Å²) in [5.41, 5.74) is 1.16. The molecule has 0 atom stereocenters. The Morgan fingerprint density at radius 1 is 1.26 bits per heavy atom. The summed E-state index contributed by atoms with van der Waals surface area (Å²) in [5, 5.41) is 0.334. The SMILES string of the molecule is Cc1cc(C(=O)NS(C)(=O)=O)c(F)cc1-c1cnc(Cl)c(Cl)c1. The molecular weight excluding hydrogens is 366 g/mol. The van der Waals surface area contributed by atoms with Crippen molar-refractivity contribution in [2.75, 3.05) is 6.26 Å². The van der Waals surface area contributed by atoms with Crippen LogP contribution >= 0.6 is 23.2 Å². The monoisotopic (exact) mass is 376 g/mol. The maximum absolute atomic E-state index is 14.2. The van der Waals surface area contributed by atoms with Crippen LogP contribution in [0.15, 0.2) is 24.4 Å². The molecule has 2 aromatic rings. The fourth-order valence-electron chi connectivity index (χ4n) is 1.96. The highest BCUT2D eigenvalue weighted by atomic mass is 35.5. The van der Waals surface area contributed by atoms with E-state index in [0.29, 0.717) is 16.7 Å². The zero-order chi connectivity index (χ0) is 17.4. The van der Waals surface area contributed by atoms with Crippen LogP contribution in [0.5, 0.6) is 0 Å². The largest absolute Gasteiger partial charge is 0.268 e. The maximum atomic E-state index is 14.2. The van der Waals surface area contributed by atoms with E-state index in [2.05, 4.69) is 4.98 Å². The fraction of sp³-hybridized carbons (Fsp3) is 0.143. The first-order chi connectivity index (χ1) is 10.6. The molecule has 2 rings (SSSR count). The van der Waals surface area contributed by atoms with Gasteiger partial charge in [0.05, 0.1) is 16.8 Å². The molecule has 122 valence electrons. The van der Waals surface area contributed by atoms with Gasteiger partial charge in [-0.2, -0.15) is 0 Å². The van der Waals surface area contributed by atoms with E-state index in [4.69, 9.17) is 23.2 Å². The third-order valence-corrected chi connectivity index (χ3v) is 4.19. The lowest BCUT2D eigenvalue weighted by Crippen LogP contribution is -2.30. The topological polar surface area (TPSA) is 76.1 Å². The predicted octanol–water partition coefficient (Wildman–Crippen LogP) is 3.19. The van der Waals surface area contributed by atoms with Crippen LogP contribution in [0, 0.1) is 12.7 Å². The molecule has 0 radical (unpaired) electrons. The van der Waals surface area contributed by atoms with Crippen molar-refractivity contribution in [2.24, 2.45) is 0 Å². The van der Waals surface area contributed by atoms with Gasteiger partial charge in [-0.1, -0.05) is 23.2 Å². The molecule has 1 heterocycles. The standard InChI is InChI=1S/C14H11Cl2FN2O3S/c1-7-3-10(14(20)19-23(2,21)22)12(17)5-9(7)8-4-11(15)13(16)18-6-8/h3-6H,1-2H3,(H,19,20). The van der Waals surface area contributed by atoms with E-state index in [0.717, 1.165) is 12.3 Å². The third kappa shape index (κ3) is 4.19. The van der Waals surface area contributed by atoms with Crippen LogP contribution in [0.1, 0.15) is 15.9 Å². The Hall–Kier alpha value is -1.70. The number of hydrogen-bond acceptors (Lipinski definition) is 4. The molecule has 0 aliphatic carbocycles. The lowest BCUT2D eigenvalue weighted by molar-refractivity contribution is 0.0977. The molecule has 0 spiro atoms. The number of carbonyl (C=O) groups is 1. The molecule has 0 saturated carbocycles. The second-order valence-electron chi connectivity index (χ2n) is 4.85. The van der Waals surface area contributed by atoms with Gasteiger partial charge in [-0.05, 0) is 36.2 Å². The smallest absolute Gasteiger partial charge is 0.267 e. The molecule has 23 heavy (non-hydrogen) atoms. The number of aromatic nitrogens is 1. The molecule has 0 saturated heterocycles. The molecule has 0 bridgehead atoms.